The first-order valence-corrected chi connectivity index (χ1v) is 6.63. The van der Waals surface area contributed by atoms with Gasteiger partial charge >= 0.3 is 0 Å². The maximum Gasteiger partial charge on any atom is 0.133 e. The summed E-state index contributed by atoms with van der Waals surface area (Å²) < 4.78 is 7.65. The molecule has 2 aromatic carbocycles. The van der Waals surface area contributed by atoms with Crippen molar-refractivity contribution >= 4 is 16.7 Å². The van der Waals surface area contributed by atoms with Crippen molar-refractivity contribution < 1.29 is 4.74 Å². The Balaban J connectivity index is 1.89. The number of hydrogen-bond acceptors (Lipinski definition) is 3. The Morgan fingerprint density at radius 1 is 1.19 bits per heavy atom. The molecule has 0 amide bonds. The zero-order valence-electron chi connectivity index (χ0n) is 11.7. The van der Waals surface area contributed by atoms with E-state index in [-0.39, 0.29) is 5.84 Å². The highest BCUT2D eigenvalue weighted by Crippen LogP contribution is 2.22. The monoisotopic (exact) mass is 280 g/mol. The lowest BCUT2D eigenvalue weighted by atomic mass is 10.2. The molecule has 3 rings (SSSR count). The van der Waals surface area contributed by atoms with Gasteiger partial charge in [-0.3, -0.25) is 10.1 Å². The summed E-state index contributed by atoms with van der Waals surface area (Å²) in [6, 6.07) is 15.3. The van der Waals surface area contributed by atoms with Crippen LogP contribution in [0.15, 0.2) is 48.5 Å². The van der Waals surface area contributed by atoms with E-state index >= 15 is 0 Å². The van der Waals surface area contributed by atoms with Crippen LogP contribution in [0.1, 0.15) is 11.3 Å². The molecular weight excluding hydrogens is 264 g/mol. The third-order valence-corrected chi connectivity index (χ3v) is 3.38. The summed E-state index contributed by atoms with van der Waals surface area (Å²) in [4.78, 5) is 0. The zero-order valence-corrected chi connectivity index (χ0v) is 11.7. The highest BCUT2D eigenvalue weighted by atomic mass is 16.5. The van der Waals surface area contributed by atoms with Crippen LogP contribution in [0.5, 0.6) is 5.75 Å². The average molecular weight is 280 g/mol. The van der Waals surface area contributed by atoms with Gasteiger partial charge in [0.05, 0.1) is 11.1 Å². The molecule has 1 aromatic heterocycles. The molecule has 0 aliphatic heterocycles. The van der Waals surface area contributed by atoms with E-state index in [1.165, 1.54) is 0 Å². The Labute approximate surface area is 122 Å². The number of nitrogens with one attached hydrogen (secondary N) is 1. The SMILES string of the molecule is Cn1nc(COc2ccccc2C(=N)N)c2ccccc21. The molecule has 106 valence electrons. The molecule has 3 aromatic rings. The molecule has 0 spiro atoms. The van der Waals surface area contributed by atoms with Crippen molar-refractivity contribution in [2.24, 2.45) is 12.8 Å². The van der Waals surface area contributed by atoms with Crippen LogP contribution in [0, 0.1) is 5.41 Å². The zero-order chi connectivity index (χ0) is 14.8. The quantitative estimate of drug-likeness (QED) is 0.569. The second-order valence-corrected chi connectivity index (χ2v) is 4.79. The number of nitrogens with two attached hydrogens (primary N) is 1. The molecule has 0 aliphatic carbocycles. The molecule has 0 saturated heterocycles. The maximum absolute atomic E-state index is 7.57. The molecule has 0 fully saturated rings. The lowest BCUT2D eigenvalue weighted by Gasteiger charge is -2.09. The minimum absolute atomic E-state index is 0.00326. The van der Waals surface area contributed by atoms with E-state index in [0.717, 1.165) is 16.6 Å². The first-order chi connectivity index (χ1) is 10.2. The van der Waals surface area contributed by atoms with Crippen molar-refractivity contribution in [1.29, 1.82) is 5.41 Å². The first kappa shape index (κ1) is 13.2. The Kier molecular flexibility index (Phi) is 3.31. The molecule has 0 bridgehead atoms. The fraction of sp³-hybridized carbons (Fsp3) is 0.125. The van der Waals surface area contributed by atoms with Crippen molar-refractivity contribution in [3.05, 3.63) is 59.8 Å². The summed E-state index contributed by atoms with van der Waals surface area (Å²) in [7, 11) is 1.91. The minimum atomic E-state index is -0.00326. The summed E-state index contributed by atoms with van der Waals surface area (Å²) in [5, 5.41) is 13.1. The number of nitrogens with zero attached hydrogens (tertiary/aromatic N) is 2. The average Bonchev–Trinajstić information content (AvgIpc) is 2.82. The molecule has 0 aliphatic rings. The number of ether oxygens (including phenoxy) is 1. The van der Waals surface area contributed by atoms with Crippen molar-refractivity contribution in [3.63, 3.8) is 0 Å². The van der Waals surface area contributed by atoms with Gasteiger partial charge in [0.1, 0.15) is 23.9 Å². The van der Waals surface area contributed by atoms with E-state index in [0.29, 0.717) is 17.9 Å². The van der Waals surface area contributed by atoms with Gasteiger partial charge in [0.15, 0.2) is 0 Å². The predicted octanol–water partition coefficient (Wildman–Crippen LogP) is 2.44. The van der Waals surface area contributed by atoms with Crippen LogP contribution < -0.4 is 10.5 Å². The highest BCUT2D eigenvalue weighted by molar-refractivity contribution is 5.97. The van der Waals surface area contributed by atoms with Crippen LogP contribution in [0.4, 0.5) is 0 Å². The van der Waals surface area contributed by atoms with Crippen molar-refractivity contribution in [2.75, 3.05) is 0 Å². The van der Waals surface area contributed by atoms with E-state index in [9.17, 15) is 0 Å². The van der Waals surface area contributed by atoms with Gasteiger partial charge in [-0.05, 0) is 18.2 Å². The fourth-order valence-electron chi connectivity index (χ4n) is 2.36. The van der Waals surface area contributed by atoms with Gasteiger partial charge in [-0.25, -0.2) is 0 Å². The van der Waals surface area contributed by atoms with Gasteiger partial charge in [0.25, 0.3) is 0 Å². The van der Waals surface area contributed by atoms with E-state index < -0.39 is 0 Å². The maximum atomic E-state index is 7.57. The highest BCUT2D eigenvalue weighted by Gasteiger charge is 2.10. The van der Waals surface area contributed by atoms with E-state index in [1.807, 2.05) is 54.2 Å². The number of benzene rings is 2. The summed E-state index contributed by atoms with van der Waals surface area (Å²) in [6.45, 7) is 0.339. The normalized spacial score (nSPS) is 10.7. The molecule has 1 heterocycles. The Morgan fingerprint density at radius 2 is 1.90 bits per heavy atom. The minimum Gasteiger partial charge on any atom is -0.486 e. The largest absolute Gasteiger partial charge is 0.486 e. The van der Waals surface area contributed by atoms with Gasteiger partial charge < -0.3 is 10.5 Å². The van der Waals surface area contributed by atoms with Crippen LogP contribution in [0.25, 0.3) is 10.9 Å². The third kappa shape index (κ3) is 2.45. The smallest absolute Gasteiger partial charge is 0.133 e. The lowest BCUT2D eigenvalue weighted by molar-refractivity contribution is 0.301. The van der Waals surface area contributed by atoms with E-state index in [1.54, 1.807) is 6.07 Å². The number of nitrogen functional groups attached to an aromatic ring is 1. The van der Waals surface area contributed by atoms with Gasteiger partial charge in [-0.2, -0.15) is 5.10 Å². The van der Waals surface area contributed by atoms with Gasteiger partial charge in [-0.1, -0.05) is 30.3 Å². The Bertz CT molecular complexity index is 807. The third-order valence-electron chi connectivity index (χ3n) is 3.38. The van der Waals surface area contributed by atoms with Crippen molar-refractivity contribution in [3.8, 4) is 5.75 Å². The van der Waals surface area contributed by atoms with E-state index in [2.05, 4.69) is 5.10 Å². The summed E-state index contributed by atoms with van der Waals surface area (Å²) in [5.74, 6) is 0.594. The number of amidine groups is 1. The van der Waals surface area contributed by atoms with Crippen LogP contribution in [0.2, 0.25) is 0 Å². The molecule has 0 unspecified atom stereocenters. The van der Waals surface area contributed by atoms with Gasteiger partial charge in [-0.15, -0.1) is 0 Å². The van der Waals surface area contributed by atoms with Crippen molar-refractivity contribution in [2.45, 2.75) is 6.61 Å². The number of fused-ring (bicyclic) bond motifs is 1. The van der Waals surface area contributed by atoms with E-state index in [4.69, 9.17) is 15.9 Å². The molecular formula is C16H16N4O. The van der Waals surface area contributed by atoms with Crippen molar-refractivity contribution in [1.82, 2.24) is 9.78 Å². The van der Waals surface area contributed by atoms with Crippen LogP contribution in [-0.4, -0.2) is 15.6 Å². The van der Waals surface area contributed by atoms with Gasteiger partial charge in [0.2, 0.25) is 0 Å². The molecule has 0 atom stereocenters. The summed E-state index contributed by atoms with van der Waals surface area (Å²) in [6.07, 6.45) is 0. The van der Waals surface area contributed by atoms with Gasteiger partial charge in [0, 0.05) is 12.4 Å². The second kappa shape index (κ2) is 5.28. The second-order valence-electron chi connectivity index (χ2n) is 4.79. The number of hydrogen-bond donors (Lipinski definition) is 2. The molecule has 0 saturated carbocycles. The summed E-state index contributed by atoms with van der Waals surface area (Å²) >= 11 is 0. The Hall–Kier alpha value is -2.82. The fourth-order valence-corrected chi connectivity index (χ4v) is 2.36. The molecule has 21 heavy (non-hydrogen) atoms. The molecule has 5 heteroatoms. The first-order valence-electron chi connectivity index (χ1n) is 6.63. The van der Waals surface area contributed by atoms with Crippen LogP contribution >= 0.6 is 0 Å². The predicted molar refractivity (Wildman–Crippen MR) is 82.5 cm³/mol. The number of rotatable bonds is 4. The topological polar surface area (TPSA) is 76.9 Å². The Morgan fingerprint density at radius 3 is 2.71 bits per heavy atom. The molecule has 3 N–H and O–H groups in total. The lowest BCUT2D eigenvalue weighted by Crippen LogP contribution is -2.13. The standard InChI is InChI=1S/C16H16N4O/c1-20-14-8-4-2-6-11(14)13(19-20)10-21-15-9-5-3-7-12(15)16(17)18/h2-9H,10H2,1H3,(H3,17,18). The molecule has 0 radical (unpaired) electrons. The summed E-state index contributed by atoms with van der Waals surface area (Å²) in [5.41, 5.74) is 8.09. The number of aryl methyl sites for hydroxylation is 1. The molecule has 5 nitrogen and oxygen atoms in total. The van der Waals surface area contributed by atoms with Crippen LogP contribution in [0.3, 0.4) is 0 Å². The number of aromatic nitrogens is 2. The number of para-hydroxylation sites is 2. The van der Waals surface area contributed by atoms with Crippen LogP contribution in [-0.2, 0) is 13.7 Å².